The third-order valence-electron chi connectivity index (χ3n) is 3.32. The maximum absolute atomic E-state index is 5.81. The molecule has 1 N–H and O–H groups in total. The molecule has 2 rings (SSSR count). The lowest BCUT2D eigenvalue weighted by Crippen LogP contribution is -2.12. The van der Waals surface area contributed by atoms with Crippen LogP contribution in [0.4, 0.5) is 5.69 Å². The van der Waals surface area contributed by atoms with E-state index in [4.69, 9.17) is 9.47 Å². The number of anilines is 1. The molecule has 22 heavy (non-hydrogen) atoms. The first-order valence-corrected chi connectivity index (χ1v) is 7.94. The van der Waals surface area contributed by atoms with Crippen LogP contribution in [0, 0.1) is 6.92 Å². The summed E-state index contributed by atoms with van der Waals surface area (Å²) in [6.45, 7) is 6.34. The van der Waals surface area contributed by atoms with Gasteiger partial charge in [-0.15, -0.1) is 0 Å². The van der Waals surface area contributed by atoms with E-state index in [0.29, 0.717) is 6.61 Å². The predicted octanol–water partition coefficient (Wildman–Crippen LogP) is 4.66. The van der Waals surface area contributed by atoms with Gasteiger partial charge in [-0.3, -0.25) is 0 Å². The summed E-state index contributed by atoms with van der Waals surface area (Å²) in [7, 11) is 0. The highest BCUT2D eigenvalue weighted by atomic mass is 16.5. The van der Waals surface area contributed by atoms with E-state index in [0.717, 1.165) is 43.2 Å². The Morgan fingerprint density at radius 3 is 2.64 bits per heavy atom. The van der Waals surface area contributed by atoms with Gasteiger partial charge in [0, 0.05) is 6.54 Å². The Morgan fingerprint density at radius 2 is 1.82 bits per heavy atom. The normalized spacial score (nSPS) is 10.3. The molecule has 0 heterocycles. The van der Waals surface area contributed by atoms with Crippen molar-refractivity contribution in [2.75, 3.05) is 25.1 Å². The highest BCUT2D eigenvalue weighted by Crippen LogP contribution is 2.23. The molecule has 0 fully saturated rings. The van der Waals surface area contributed by atoms with Crippen LogP contribution < -0.4 is 14.8 Å². The molecule has 0 atom stereocenters. The zero-order chi connectivity index (χ0) is 15.6. The SMILES string of the molecule is CCCCOc1ccccc1NCCOc1cccc(C)c1. The first kappa shape index (κ1) is 16.2. The van der Waals surface area contributed by atoms with E-state index in [9.17, 15) is 0 Å². The van der Waals surface area contributed by atoms with Crippen molar-refractivity contribution < 1.29 is 9.47 Å². The second-order valence-corrected chi connectivity index (χ2v) is 5.29. The van der Waals surface area contributed by atoms with Crippen molar-refractivity contribution in [2.45, 2.75) is 26.7 Å². The average Bonchev–Trinajstić information content (AvgIpc) is 2.53. The third-order valence-corrected chi connectivity index (χ3v) is 3.32. The number of hydrogen-bond donors (Lipinski definition) is 1. The Bertz CT molecular complexity index is 569. The fourth-order valence-electron chi connectivity index (χ4n) is 2.12. The van der Waals surface area contributed by atoms with E-state index in [-0.39, 0.29) is 0 Å². The number of para-hydroxylation sites is 2. The quantitative estimate of drug-likeness (QED) is 0.683. The van der Waals surface area contributed by atoms with Crippen LogP contribution in [0.25, 0.3) is 0 Å². The lowest BCUT2D eigenvalue weighted by atomic mass is 10.2. The van der Waals surface area contributed by atoms with Gasteiger partial charge in [-0.2, -0.15) is 0 Å². The average molecular weight is 299 g/mol. The molecule has 118 valence electrons. The summed E-state index contributed by atoms with van der Waals surface area (Å²) >= 11 is 0. The van der Waals surface area contributed by atoms with E-state index in [1.165, 1.54) is 5.56 Å². The molecular formula is C19H25NO2. The van der Waals surface area contributed by atoms with Crippen LogP contribution in [0.5, 0.6) is 11.5 Å². The molecule has 0 unspecified atom stereocenters. The standard InChI is InChI=1S/C19H25NO2/c1-3-4-13-22-19-11-6-5-10-18(19)20-12-14-21-17-9-7-8-16(2)15-17/h5-11,15,20H,3-4,12-14H2,1-2H3. The van der Waals surface area contributed by atoms with Crippen molar-refractivity contribution in [1.82, 2.24) is 0 Å². The lowest BCUT2D eigenvalue weighted by molar-refractivity contribution is 0.309. The molecule has 0 saturated carbocycles. The molecule has 0 radical (unpaired) electrons. The van der Waals surface area contributed by atoms with Crippen molar-refractivity contribution in [3.8, 4) is 11.5 Å². The van der Waals surface area contributed by atoms with Gasteiger partial charge in [-0.25, -0.2) is 0 Å². The number of nitrogens with one attached hydrogen (secondary N) is 1. The van der Waals surface area contributed by atoms with Crippen molar-refractivity contribution in [2.24, 2.45) is 0 Å². The first-order valence-electron chi connectivity index (χ1n) is 7.94. The molecule has 0 aliphatic rings. The van der Waals surface area contributed by atoms with Crippen molar-refractivity contribution in [3.05, 3.63) is 54.1 Å². The maximum atomic E-state index is 5.81. The number of ether oxygens (including phenoxy) is 2. The zero-order valence-corrected chi connectivity index (χ0v) is 13.5. The zero-order valence-electron chi connectivity index (χ0n) is 13.5. The molecule has 3 heteroatoms. The minimum Gasteiger partial charge on any atom is -0.492 e. The number of aryl methyl sites for hydroxylation is 1. The van der Waals surface area contributed by atoms with Crippen LogP contribution >= 0.6 is 0 Å². The Balaban J connectivity index is 1.79. The van der Waals surface area contributed by atoms with Gasteiger partial charge in [0.2, 0.25) is 0 Å². The van der Waals surface area contributed by atoms with E-state index in [2.05, 4.69) is 25.2 Å². The minimum absolute atomic E-state index is 0.618. The van der Waals surface area contributed by atoms with E-state index < -0.39 is 0 Å². The number of rotatable bonds is 9. The molecule has 0 amide bonds. The van der Waals surface area contributed by atoms with E-state index in [1.807, 2.05) is 42.5 Å². The van der Waals surface area contributed by atoms with Crippen LogP contribution in [-0.2, 0) is 0 Å². The summed E-state index contributed by atoms with van der Waals surface area (Å²) in [6.07, 6.45) is 2.21. The fraction of sp³-hybridized carbons (Fsp3) is 0.368. The van der Waals surface area contributed by atoms with Gasteiger partial charge >= 0.3 is 0 Å². The van der Waals surface area contributed by atoms with Gasteiger partial charge < -0.3 is 14.8 Å². The van der Waals surface area contributed by atoms with Crippen molar-refractivity contribution in [3.63, 3.8) is 0 Å². The first-order chi connectivity index (χ1) is 10.8. The van der Waals surface area contributed by atoms with Gasteiger partial charge in [0.25, 0.3) is 0 Å². The van der Waals surface area contributed by atoms with Crippen LogP contribution in [0.3, 0.4) is 0 Å². The van der Waals surface area contributed by atoms with Gasteiger partial charge in [0.1, 0.15) is 18.1 Å². The molecule has 0 aliphatic heterocycles. The highest BCUT2D eigenvalue weighted by Gasteiger charge is 2.02. The Kier molecular flexibility index (Phi) is 6.62. The monoisotopic (exact) mass is 299 g/mol. The summed E-state index contributed by atoms with van der Waals surface area (Å²) in [5.41, 5.74) is 2.23. The molecule has 2 aromatic carbocycles. The van der Waals surface area contributed by atoms with E-state index >= 15 is 0 Å². The summed E-state index contributed by atoms with van der Waals surface area (Å²) in [4.78, 5) is 0. The lowest BCUT2D eigenvalue weighted by Gasteiger charge is -2.13. The Hall–Kier alpha value is -2.16. The maximum Gasteiger partial charge on any atom is 0.142 e. The molecular weight excluding hydrogens is 274 g/mol. The summed E-state index contributed by atoms with van der Waals surface area (Å²) < 4.78 is 11.5. The molecule has 0 aromatic heterocycles. The second-order valence-electron chi connectivity index (χ2n) is 5.29. The largest absolute Gasteiger partial charge is 0.492 e. The van der Waals surface area contributed by atoms with Gasteiger partial charge in [-0.1, -0.05) is 37.6 Å². The predicted molar refractivity (Wildman–Crippen MR) is 92.0 cm³/mol. The second kappa shape index (κ2) is 8.98. The van der Waals surface area contributed by atoms with Crippen molar-refractivity contribution >= 4 is 5.69 Å². The molecule has 2 aromatic rings. The topological polar surface area (TPSA) is 30.5 Å². The fourth-order valence-corrected chi connectivity index (χ4v) is 2.12. The van der Waals surface area contributed by atoms with Crippen LogP contribution in [0.15, 0.2) is 48.5 Å². The third kappa shape index (κ3) is 5.32. The summed E-state index contributed by atoms with van der Waals surface area (Å²) in [5, 5.41) is 3.38. The number of hydrogen-bond acceptors (Lipinski definition) is 3. The van der Waals surface area contributed by atoms with E-state index in [1.54, 1.807) is 0 Å². The van der Waals surface area contributed by atoms with Crippen LogP contribution in [0.1, 0.15) is 25.3 Å². The van der Waals surface area contributed by atoms with Gasteiger partial charge in [-0.05, 0) is 43.2 Å². The van der Waals surface area contributed by atoms with Gasteiger partial charge in [0.15, 0.2) is 0 Å². The summed E-state index contributed by atoms with van der Waals surface area (Å²) in [5.74, 6) is 1.82. The number of unbranched alkanes of at least 4 members (excludes halogenated alkanes) is 1. The molecule has 0 bridgehead atoms. The number of benzene rings is 2. The molecule has 3 nitrogen and oxygen atoms in total. The van der Waals surface area contributed by atoms with Crippen molar-refractivity contribution in [1.29, 1.82) is 0 Å². The van der Waals surface area contributed by atoms with Crippen LogP contribution in [-0.4, -0.2) is 19.8 Å². The van der Waals surface area contributed by atoms with Crippen LogP contribution in [0.2, 0.25) is 0 Å². The van der Waals surface area contributed by atoms with Gasteiger partial charge in [0.05, 0.1) is 12.3 Å². The Morgan fingerprint density at radius 1 is 0.955 bits per heavy atom. The molecule has 0 aliphatic carbocycles. The summed E-state index contributed by atoms with van der Waals surface area (Å²) in [6, 6.07) is 16.1. The minimum atomic E-state index is 0.618. The molecule has 0 spiro atoms. The highest BCUT2D eigenvalue weighted by molar-refractivity contribution is 5.56. The Labute approximate surface area is 133 Å². The smallest absolute Gasteiger partial charge is 0.142 e. The molecule has 0 saturated heterocycles.